The zero-order valence-electron chi connectivity index (χ0n) is 15.7. The Morgan fingerprint density at radius 3 is 2.50 bits per heavy atom. The number of hydrogen-bond donors (Lipinski definition) is 2. The van der Waals surface area contributed by atoms with Crippen LogP contribution in [0.3, 0.4) is 0 Å². The molecule has 0 aliphatic carbocycles. The maximum atomic E-state index is 11.9. The Balaban J connectivity index is 0.00000338. The third-order valence-corrected chi connectivity index (χ3v) is 3.94. The molecule has 1 heterocycles. The minimum atomic E-state index is -0.474. The van der Waals surface area contributed by atoms with Crippen molar-refractivity contribution in [2.75, 3.05) is 11.6 Å². The van der Waals surface area contributed by atoms with E-state index in [4.69, 9.17) is 4.42 Å². The third-order valence-electron chi connectivity index (χ3n) is 3.94. The Hall–Kier alpha value is -1.01. The number of carbonyl (C=O) groups excluding carboxylic acids is 1. The summed E-state index contributed by atoms with van der Waals surface area (Å²) in [5.74, 6) is 1.23. The SMILES string of the molecule is CC(=O)N(NCCCc1cc[c-]o1)c1ccc(C(O)CC(C)C)cc1.[Y]. The fraction of sp³-hybridized carbons (Fsp3) is 0.450. The van der Waals surface area contributed by atoms with E-state index in [0.29, 0.717) is 12.5 Å². The topological polar surface area (TPSA) is 65.7 Å². The first kappa shape index (κ1) is 23.0. The van der Waals surface area contributed by atoms with Gasteiger partial charge in [0.2, 0.25) is 5.91 Å². The van der Waals surface area contributed by atoms with Crippen LogP contribution in [-0.2, 0) is 43.9 Å². The molecule has 139 valence electrons. The summed E-state index contributed by atoms with van der Waals surface area (Å²) in [5, 5.41) is 11.7. The minimum Gasteiger partial charge on any atom is -0.596 e. The van der Waals surface area contributed by atoms with Gasteiger partial charge in [-0.25, -0.2) is 10.4 Å². The molecule has 1 aromatic carbocycles. The van der Waals surface area contributed by atoms with Gasteiger partial charge in [0.25, 0.3) is 0 Å². The van der Waals surface area contributed by atoms with Crippen LogP contribution >= 0.6 is 0 Å². The van der Waals surface area contributed by atoms with Gasteiger partial charge >= 0.3 is 0 Å². The van der Waals surface area contributed by atoms with Crippen LogP contribution in [0.2, 0.25) is 0 Å². The summed E-state index contributed by atoms with van der Waals surface area (Å²) in [7, 11) is 0. The molecule has 6 heteroatoms. The van der Waals surface area contributed by atoms with Crippen LogP contribution in [0.15, 0.2) is 40.8 Å². The number of nitrogens with one attached hydrogen (secondary N) is 1. The van der Waals surface area contributed by atoms with E-state index >= 15 is 0 Å². The van der Waals surface area contributed by atoms with Gasteiger partial charge in [0.05, 0.1) is 11.8 Å². The molecule has 1 amide bonds. The normalized spacial score (nSPS) is 11.9. The Kier molecular flexibility index (Phi) is 10.3. The van der Waals surface area contributed by atoms with Gasteiger partial charge in [-0.2, -0.15) is 6.07 Å². The predicted molar refractivity (Wildman–Crippen MR) is 97.9 cm³/mol. The van der Waals surface area contributed by atoms with Gasteiger partial charge in [-0.05, 0) is 42.7 Å². The predicted octanol–water partition coefficient (Wildman–Crippen LogP) is 3.65. The van der Waals surface area contributed by atoms with Gasteiger partial charge < -0.3 is 9.52 Å². The van der Waals surface area contributed by atoms with E-state index in [0.717, 1.165) is 36.3 Å². The molecule has 5 nitrogen and oxygen atoms in total. The van der Waals surface area contributed by atoms with E-state index in [2.05, 4.69) is 25.5 Å². The van der Waals surface area contributed by atoms with E-state index in [1.165, 1.54) is 11.9 Å². The van der Waals surface area contributed by atoms with Gasteiger partial charge in [-0.15, -0.1) is 6.07 Å². The van der Waals surface area contributed by atoms with E-state index in [-0.39, 0.29) is 38.6 Å². The molecule has 2 rings (SSSR count). The maximum absolute atomic E-state index is 11.9. The molecule has 2 N–H and O–H groups in total. The molecular weight excluding hydrogens is 405 g/mol. The first-order chi connectivity index (χ1) is 12.0. The first-order valence-electron chi connectivity index (χ1n) is 8.74. The van der Waals surface area contributed by atoms with Crippen molar-refractivity contribution in [3.05, 3.63) is 54.0 Å². The number of anilines is 1. The number of aryl methyl sites for hydroxylation is 1. The first-order valence-corrected chi connectivity index (χ1v) is 8.74. The fourth-order valence-electron chi connectivity index (χ4n) is 2.67. The van der Waals surface area contributed by atoms with Gasteiger partial charge in [-0.1, -0.05) is 38.2 Å². The molecule has 1 radical (unpaired) electrons. The number of aliphatic hydroxyl groups is 1. The molecule has 0 saturated carbocycles. The molecule has 0 bridgehead atoms. The van der Waals surface area contributed by atoms with Crippen LogP contribution in [0.25, 0.3) is 0 Å². The van der Waals surface area contributed by atoms with Crippen LogP contribution in [-0.4, -0.2) is 17.6 Å². The number of hydrogen-bond acceptors (Lipinski definition) is 4. The summed E-state index contributed by atoms with van der Waals surface area (Å²) >= 11 is 0. The van der Waals surface area contributed by atoms with Crippen molar-refractivity contribution in [1.82, 2.24) is 5.43 Å². The summed E-state index contributed by atoms with van der Waals surface area (Å²) in [5.41, 5.74) is 4.78. The Morgan fingerprint density at radius 1 is 1.27 bits per heavy atom. The fourth-order valence-corrected chi connectivity index (χ4v) is 2.67. The molecule has 2 aromatic rings. The van der Waals surface area contributed by atoms with Crippen molar-refractivity contribution in [2.24, 2.45) is 5.92 Å². The smallest absolute Gasteiger partial charge is 0.238 e. The van der Waals surface area contributed by atoms with Crippen LogP contribution in [0.5, 0.6) is 0 Å². The zero-order valence-corrected chi connectivity index (χ0v) is 18.6. The number of carbonyl (C=O) groups is 1. The average Bonchev–Trinajstić information content (AvgIpc) is 3.07. The second-order valence-corrected chi connectivity index (χ2v) is 6.62. The number of benzene rings is 1. The Labute approximate surface area is 181 Å². The number of nitrogens with zero attached hydrogens (tertiary/aromatic N) is 1. The van der Waals surface area contributed by atoms with Crippen molar-refractivity contribution in [3.8, 4) is 0 Å². The number of amides is 1. The van der Waals surface area contributed by atoms with Crippen molar-refractivity contribution < 1.29 is 47.0 Å². The largest absolute Gasteiger partial charge is 0.596 e. The van der Waals surface area contributed by atoms with Crippen molar-refractivity contribution >= 4 is 11.6 Å². The summed E-state index contributed by atoms with van der Waals surface area (Å²) in [6.07, 6.45) is 4.55. The Bertz CT molecular complexity index is 642. The molecule has 0 aliphatic rings. The second-order valence-electron chi connectivity index (χ2n) is 6.62. The Morgan fingerprint density at radius 2 is 1.96 bits per heavy atom. The summed E-state index contributed by atoms with van der Waals surface area (Å²) in [6, 6.07) is 11.1. The third kappa shape index (κ3) is 7.32. The number of hydrazine groups is 1. The van der Waals surface area contributed by atoms with Crippen molar-refractivity contribution in [3.63, 3.8) is 0 Å². The van der Waals surface area contributed by atoms with Gasteiger partial charge in [-0.3, -0.25) is 4.79 Å². The van der Waals surface area contributed by atoms with Gasteiger partial charge in [0.15, 0.2) is 0 Å². The van der Waals surface area contributed by atoms with E-state index in [1.807, 2.05) is 30.3 Å². The molecule has 1 aromatic heterocycles. The van der Waals surface area contributed by atoms with Crippen molar-refractivity contribution in [2.45, 2.75) is 46.1 Å². The van der Waals surface area contributed by atoms with E-state index in [1.54, 1.807) is 6.07 Å². The number of rotatable bonds is 9. The summed E-state index contributed by atoms with van der Waals surface area (Å²) in [4.78, 5) is 11.9. The van der Waals surface area contributed by atoms with Crippen LogP contribution in [0.1, 0.15) is 51.0 Å². The quantitative estimate of drug-likeness (QED) is 0.361. The van der Waals surface area contributed by atoms with E-state index in [9.17, 15) is 9.90 Å². The molecule has 0 saturated heterocycles. The van der Waals surface area contributed by atoms with Crippen LogP contribution in [0.4, 0.5) is 5.69 Å². The molecule has 26 heavy (non-hydrogen) atoms. The molecule has 0 fully saturated rings. The molecule has 1 atom stereocenters. The molecular formula is C20H27N2O3Y-. The molecule has 0 spiro atoms. The number of aliphatic hydroxyl groups excluding tert-OH is 1. The van der Waals surface area contributed by atoms with E-state index < -0.39 is 6.10 Å². The maximum Gasteiger partial charge on any atom is 0.238 e. The summed E-state index contributed by atoms with van der Waals surface area (Å²) in [6.45, 7) is 6.34. The number of furan rings is 1. The van der Waals surface area contributed by atoms with Crippen molar-refractivity contribution in [1.29, 1.82) is 0 Å². The van der Waals surface area contributed by atoms with Crippen LogP contribution in [0, 0.1) is 12.2 Å². The van der Waals surface area contributed by atoms with Gasteiger partial charge in [0, 0.05) is 46.2 Å². The standard InChI is InChI=1S/C20H27N2O3.Y/c1-15(2)14-20(24)17-8-10-18(11-9-17)22(16(3)23)21-12-4-6-19-7-5-13-25-19;/h5,7-11,15,20-21,24H,4,6,12,14H2,1-3H3;/q-1;. The monoisotopic (exact) mass is 432 g/mol. The van der Waals surface area contributed by atoms with Gasteiger partial charge in [0.1, 0.15) is 0 Å². The molecule has 0 aliphatic heterocycles. The second kappa shape index (κ2) is 11.7. The zero-order chi connectivity index (χ0) is 18.2. The average molecular weight is 432 g/mol. The minimum absolute atomic E-state index is 0. The summed E-state index contributed by atoms with van der Waals surface area (Å²) < 4.78 is 5.18. The molecule has 1 unspecified atom stereocenters. The van der Waals surface area contributed by atoms with Crippen LogP contribution < -0.4 is 10.4 Å².